The summed E-state index contributed by atoms with van der Waals surface area (Å²) in [6, 6.07) is 10.3. The highest BCUT2D eigenvalue weighted by molar-refractivity contribution is 7.14. The molecule has 0 spiro atoms. The first kappa shape index (κ1) is 17.4. The minimum atomic E-state index is 0.214. The standard InChI is InChI=1S/C21H26N2O2S/c1-15-3-8-19-16(13-15)14-20(26-19)21(24)23-11-9-22(10-12-23)17-4-6-18(25-2)7-5-17/h4-7,14-15H,3,8-13H2,1-2H3/t15-/m1/s1. The van der Waals surface area contributed by atoms with Crippen molar-refractivity contribution in [3.05, 3.63) is 45.6 Å². The molecule has 1 atom stereocenters. The van der Waals surface area contributed by atoms with Gasteiger partial charge in [0, 0.05) is 36.7 Å². The number of amides is 1. The van der Waals surface area contributed by atoms with Crippen LogP contribution < -0.4 is 9.64 Å². The van der Waals surface area contributed by atoms with Crippen LogP contribution in [0.3, 0.4) is 0 Å². The Hall–Kier alpha value is -2.01. The molecular formula is C21H26N2O2S. The van der Waals surface area contributed by atoms with E-state index >= 15 is 0 Å². The number of benzene rings is 1. The minimum absolute atomic E-state index is 0.214. The molecular weight excluding hydrogens is 344 g/mol. The highest BCUT2D eigenvalue weighted by Crippen LogP contribution is 2.33. The van der Waals surface area contributed by atoms with Crippen molar-refractivity contribution in [2.45, 2.75) is 26.2 Å². The van der Waals surface area contributed by atoms with Gasteiger partial charge in [0.1, 0.15) is 5.75 Å². The number of carbonyl (C=O) groups excluding carboxylic acids is 1. The second-order valence-electron chi connectivity index (χ2n) is 7.38. The number of hydrogen-bond acceptors (Lipinski definition) is 4. The number of fused-ring (bicyclic) bond motifs is 1. The monoisotopic (exact) mass is 370 g/mol. The molecule has 1 aliphatic heterocycles. The molecule has 4 nitrogen and oxygen atoms in total. The average Bonchev–Trinajstić information content (AvgIpc) is 3.11. The first-order valence-corrected chi connectivity index (χ1v) is 10.3. The van der Waals surface area contributed by atoms with Crippen LogP contribution in [0.2, 0.25) is 0 Å². The van der Waals surface area contributed by atoms with E-state index in [0.717, 1.165) is 55.6 Å². The fourth-order valence-electron chi connectivity index (χ4n) is 3.93. The van der Waals surface area contributed by atoms with Gasteiger partial charge in [0.05, 0.1) is 12.0 Å². The minimum Gasteiger partial charge on any atom is -0.497 e. The van der Waals surface area contributed by atoms with Gasteiger partial charge in [-0.3, -0.25) is 4.79 Å². The number of nitrogens with zero attached hydrogens (tertiary/aromatic N) is 2. The van der Waals surface area contributed by atoms with Crippen LogP contribution in [0.1, 0.15) is 33.5 Å². The van der Waals surface area contributed by atoms with Gasteiger partial charge in [0.2, 0.25) is 0 Å². The van der Waals surface area contributed by atoms with Crippen molar-refractivity contribution in [1.29, 1.82) is 0 Å². The summed E-state index contributed by atoms with van der Waals surface area (Å²) < 4.78 is 5.22. The average molecular weight is 371 g/mol. The number of thiophene rings is 1. The van der Waals surface area contributed by atoms with Crippen molar-refractivity contribution >= 4 is 22.9 Å². The Kier molecular flexibility index (Phi) is 4.90. The van der Waals surface area contributed by atoms with Crippen molar-refractivity contribution in [2.75, 3.05) is 38.2 Å². The number of ether oxygens (including phenoxy) is 1. The lowest BCUT2D eigenvalue weighted by Crippen LogP contribution is -2.48. The van der Waals surface area contributed by atoms with Crippen LogP contribution in [-0.4, -0.2) is 44.1 Å². The summed E-state index contributed by atoms with van der Waals surface area (Å²) >= 11 is 1.72. The topological polar surface area (TPSA) is 32.8 Å². The normalized spacial score (nSPS) is 20.0. The molecule has 5 heteroatoms. The molecule has 0 radical (unpaired) electrons. The third kappa shape index (κ3) is 3.45. The van der Waals surface area contributed by atoms with E-state index in [1.165, 1.54) is 22.5 Å². The summed E-state index contributed by atoms with van der Waals surface area (Å²) in [5, 5.41) is 0. The van der Waals surface area contributed by atoms with Crippen LogP contribution >= 0.6 is 11.3 Å². The molecule has 26 heavy (non-hydrogen) atoms. The number of hydrogen-bond donors (Lipinski definition) is 0. The third-order valence-corrected chi connectivity index (χ3v) is 6.77. The van der Waals surface area contributed by atoms with Crippen molar-refractivity contribution in [3.63, 3.8) is 0 Å². The lowest BCUT2D eigenvalue weighted by molar-refractivity contribution is 0.0751. The second kappa shape index (κ2) is 7.31. The quantitative estimate of drug-likeness (QED) is 0.823. The first-order valence-electron chi connectivity index (χ1n) is 9.44. The molecule has 1 amide bonds. The van der Waals surface area contributed by atoms with Gasteiger partial charge < -0.3 is 14.5 Å². The number of aryl methyl sites for hydroxylation is 1. The van der Waals surface area contributed by atoms with E-state index in [1.807, 2.05) is 17.0 Å². The van der Waals surface area contributed by atoms with Gasteiger partial charge in [0.25, 0.3) is 5.91 Å². The highest BCUT2D eigenvalue weighted by Gasteiger charge is 2.26. The Balaban J connectivity index is 1.39. The molecule has 2 aromatic rings. The molecule has 1 aliphatic carbocycles. The van der Waals surface area contributed by atoms with E-state index in [-0.39, 0.29) is 5.91 Å². The van der Waals surface area contributed by atoms with Gasteiger partial charge in [-0.05, 0) is 61.1 Å². The Morgan fingerprint density at radius 3 is 2.58 bits per heavy atom. The molecule has 0 saturated carbocycles. The Bertz CT molecular complexity index is 776. The fraction of sp³-hybridized carbons (Fsp3) is 0.476. The van der Waals surface area contributed by atoms with Crippen LogP contribution in [0.15, 0.2) is 30.3 Å². The maximum absolute atomic E-state index is 12.9. The molecule has 0 bridgehead atoms. The summed E-state index contributed by atoms with van der Waals surface area (Å²) in [5.74, 6) is 1.83. The molecule has 1 fully saturated rings. The van der Waals surface area contributed by atoms with Crippen molar-refractivity contribution in [1.82, 2.24) is 4.90 Å². The summed E-state index contributed by atoms with van der Waals surface area (Å²) in [6.07, 6.45) is 3.52. The van der Waals surface area contributed by atoms with E-state index in [0.29, 0.717) is 0 Å². The van der Waals surface area contributed by atoms with Gasteiger partial charge in [-0.25, -0.2) is 0 Å². The zero-order chi connectivity index (χ0) is 18.1. The molecule has 4 rings (SSSR count). The van der Waals surface area contributed by atoms with Gasteiger partial charge in [-0.15, -0.1) is 11.3 Å². The van der Waals surface area contributed by atoms with Crippen molar-refractivity contribution in [2.24, 2.45) is 5.92 Å². The van der Waals surface area contributed by atoms with Crippen molar-refractivity contribution in [3.8, 4) is 5.75 Å². The summed E-state index contributed by atoms with van der Waals surface area (Å²) in [4.78, 5) is 19.6. The smallest absolute Gasteiger partial charge is 0.264 e. The summed E-state index contributed by atoms with van der Waals surface area (Å²) in [5.41, 5.74) is 2.60. The molecule has 1 aromatic carbocycles. The zero-order valence-electron chi connectivity index (χ0n) is 15.5. The molecule has 0 unspecified atom stereocenters. The molecule has 2 heterocycles. The van der Waals surface area contributed by atoms with E-state index in [1.54, 1.807) is 18.4 Å². The predicted octanol–water partition coefficient (Wildman–Crippen LogP) is 3.84. The van der Waals surface area contributed by atoms with Crippen LogP contribution in [0.5, 0.6) is 5.75 Å². The van der Waals surface area contributed by atoms with E-state index in [2.05, 4.69) is 30.0 Å². The molecule has 138 valence electrons. The van der Waals surface area contributed by atoms with Crippen LogP contribution in [-0.2, 0) is 12.8 Å². The molecule has 1 saturated heterocycles. The lowest BCUT2D eigenvalue weighted by atomic mass is 9.90. The third-order valence-electron chi connectivity index (χ3n) is 5.54. The highest BCUT2D eigenvalue weighted by atomic mass is 32.1. The number of anilines is 1. The maximum Gasteiger partial charge on any atom is 0.264 e. The van der Waals surface area contributed by atoms with E-state index < -0.39 is 0 Å². The number of piperazine rings is 1. The van der Waals surface area contributed by atoms with Crippen LogP contribution in [0.25, 0.3) is 0 Å². The fourth-order valence-corrected chi connectivity index (χ4v) is 5.10. The van der Waals surface area contributed by atoms with Gasteiger partial charge in [0.15, 0.2) is 0 Å². The summed E-state index contributed by atoms with van der Waals surface area (Å²) in [6.45, 7) is 5.62. The molecule has 0 N–H and O–H groups in total. The zero-order valence-corrected chi connectivity index (χ0v) is 16.3. The van der Waals surface area contributed by atoms with Crippen LogP contribution in [0, 0.1) is 5.92 Å². The maximum atomic E-state index is 12.9. The largest absolute Gasteiger partial charge is 0.497 e. The number of carbonyl (C=O) groups is 1. The van der Waals surface area contributed by atoms with E-state index in [9.17, 15) is 4.79 Å². The van der Waals surface area contributed by atoms with Crippen molar-refractivity contribution < 1.29 is 9.53 Å². The van der Waals surface area contributed by atoms with Gasteiger partial charge >= 0.3 is 0 Å². The van der Waals surface area contributed by atoms with Crippen LogP contribution in [0.4, 0.5) is 5.69 Å². The van der Waals surface area contributed by atoms with Gasteiger partial charge in [-0.2, -0.15) is 0 Å². The summed E-state index contributed by atoms with van der Waals surface area (Å²) in [7, 11) is 1.68. The predicted molar refractivity (Wildman–Crippen MR) is 107 cm³/mol. The Morgan fingerprint density at radius 2 is 1.88 bits per heavy atom. The second-order valence-corrected chi connectivity index (χ2v) is 8.52. The Morgan fingerprint density at radius 1 is 1.15 bits per heavy atom. The molecule has 2 aliphatic rings. The lowest BCUT2D eigenvalue weighted by Gasteiger charge is -2.36. The van der Waals surface area contributed by atoms with Gasteiger partial charge in [-0.1, -0.05) is 6.92 Å². The SMILES string of the molecule is COc1ccc(N2CCN(C(=O)c3cc4c(s3)CC[C@@H](C)C4)CC2)cc1. The van der Waals surface area contributed by atoms with E-state index in [4.69, 9.17) is 4.74 Å². The Labute approximate surface area is 159 Å². The first-order chi connectivity index (χ1) is 12.6. The number of rotatable bonds is 3. The molecule has 1 aromatic heterocycles. The number of methoxy groups -OCH3 is 1.